The first-order valence-corrected chi connectivity index (χ1v) is 10.1. The topological polar surface area (TPSA) is 61.4 Å². The summed E-state index contributed by atoms with van der Waals surface area (Å²) >= 11 is 0. The maximum atomic E-state index is 12.4. The number of likely N-dealkylation sites (tertiary alicyclic amines) is 1. The molecule has 142 valence electrons. The fourth-order valence-corrected chi connectivity index (χ4v) is 3.94. The van der Waals surface area contributed by atoms with Crippen molar-refractivity contribution >= 4 is 11.9 Å². The van der Waals surface area contributed by atoms with Crippen molar-refractivity contribution in [2.75, 3.05) is 13.1 Å². The second kappa shape index (κ2) is 9.60. The lowest BCUT2D eigenvalue weighted by atomic mass is 9.95. The number of carbonyl (C=O) groups is 2. The number of amides is 3. The molecule has 5 heteroatoms. The van der Waals surface area contributed by atoms with Crippen molar-refractivity contribution < 1.29 is 9.59 Å². The van der Waals surface area contributed by atoms with Crippen LogP contribution in [0.5, 0.6) is 0 Å². The van der Waals surface area contributed by atoms with Crippen LogP contribution in [0.15, 0.2) is 30.3 Å². The molecule has 1 saturated carbocycles. The minimum Gasteiger partial charge on any atom is -0.353 e. The second-order valence-electron chi connectivity index (χ2n) is 7.60. The smallest absolute Gasteiger partial charge is 0.317 e. The quantitative estimate of drug-likeness (QED) is 0.850. The van der Waals surface area contributed by atoms with Gasteiger partial charge in [0.25, 0.3) is 0 Å². The van der Waals surface area contributed by atoms with Gasteiger partial charge in [-0.15, -0.1) is 0 Å². The third-order valence-corrected chi connectivity index (χ3v) is 5.56. The van der Waals surface area contributed by atoms with Crippen molar-refractivity contribution in [2.24, 2.45) is 0 Å². The highest BCUT2D eigenvalue weighted by molar-refractivity contribution is 5.77. The minimum atomic E-state index is 0.0748. The van der Waals surface area contributed by atoms with Gasteiger partial charge in [-0.25, -0.2) is 4.79 Å². The fourth-order valence-electron chi connectivity index (χ4n) is 3.94. The molecule has 1 saturated heterocycles. The van der Waals surface area contributed by atoms with Crippen molar-refractivity contribution in [3.63, 3.8) is 0 Å². The van der Waals surface area contributed by atoms with Crippen LogP contribution in [0.1, 0.15) is 56.9 Å². The summed E-state index contributed by atoms with van der Waals surface area (Å²) in [6.07, 6.45) is 8.94. The predicted octanol–water partition coefficient (Wildman–Crippen LogP) is 3.24. The van der Waals surface area contributed by atoms with E-state index in [1.807, 2.05) is 23.1 Å². The number of urea groups is 1. The second-order valence-corrected chi connectivity index (χ2v) is 7.60. The molecule has 0 unspecified atom stereocenters. The number of benzene rings is 1. The Hall–Kier alpha value is -2.04. The van der Waals surface area contributed by atoms with E-state index in [4.69, 9.17) is 0 Å². The van der Waals surface area contributed by atoms with E-state index in [1.165, 1.54) is 24.8 Å². The van der Waals surface area contributed by atoms with Crippen LogP contribution < -0.4 is 10.6 Å². The van der Waals surface area contributed by atoms with Crippen LogP contribution in [0.2, 0.25) is 0 Å². The first-order chi connectivity index (χ1) is 12.7. The summed E-state index contributed by atoms with van der Waals surface area (Å²) in [5.41, 5.74) is 1.19. The monoisotopic (exact) mass is 357 g/mol. The third-order valence-electron chi connectivity index (χ3n) is 5.56. The van der Waals surface area contributed by atoms with Crippen LogP contribution in [0.3, 0.4) is 0 Å². The SMILES string of the molecule is O=C(CCc1ccccc1)NC1CCN(C(=O)NC2CCCCC2)CC1. The zero-order chi connectivity index (χ0) is 18.2. The van der Waals surface area contributed by atoms with E-state index in [1.54, 1.807) is 0 Å². The van der Waals surface area contributed by atoms with Crippen LogP contribution in [0.4, 0.5) is 4.79 Å². The molecule has 2 N–H and O–H groups in total. The molecule has 1 heterocycles. The van der Waals surface area contributed by atoms with Gasteiger partial charge in [-0.1, -0.05) is 49.6 Å². The van der Waals surface area contributed by atoms with Crippen molar-refractivity contribution in [1.29, 1.82) is 0 Å². The van der Waals surface area contributed by atoms with Gasteiger partial charge in [0.2, 0.25) is 5.91 Å². The van der Waals surface area contributed by atoms with Gasteiger partial charge in [0.15, 0.2) is 0 Å². The average molecular weight is 357 g/mol. The normalized spacial score (nSPS) is 19.2. The molecule has 0 atom stereocenters. The molecule has 0 bridgehead atoms. The van der Waals surface area contributed by atoms with E-state index < -0.39 is 0 Å². The lowest BCUT2D eigenvalue weighted by Gasteiger charge is -2.34. The fraction of sp³-hybridized carbons (Fsp3) is 0.619. The van der Waals surface area contributed by atoms with E-state index in [9.17, 15) is 9.59 Å². The Morgan fingerprint density at radius 1 is 0.885 bits per heavy atom. The molecule has 2 aliphatic rings. The lowest BCUT2D eigenvalue weighted by Crippen LogP contribution is -2.51. The van der Waals surface area contributed by atoms with Gasteiger partial charge in [-0.3, -0.25) is 4.79 Å². The molecule has 26 heavy (non-hydrogen) atoms. The summed E-state index contributed by atoms with van der Waals surface area (Å²) in [7, 11) is 0. The van der Waals surface area contributed by atoms with Crippen molar-refractivity contribution in [3.8, 4) is 0 Å². The largest absolute Gasteiger partial charge is 0.353 e. The van der Waals surface area contributed by atoms with E-state index in [2.05, 4.69) is 22.8 Å². The van der Waals surface area contributed by atoms with E-state index >= 15 is 0 Å². The molecular formula is C21H31N3O2. The summed E-state index contributed by atoms with van der Waals surface area (Å²) in [4.78, 5) is 26.4. The number of hydrogen-bond acceptors (Lipinski definition) is 2. The highest BCUT2D eigenvalue weighted by Gasteiger charge is 2.25. The molecule has 1 aliphatic carbocycles. The van der Waals surface area contributed by atoms with Gasteiger partial charge < -0.3 is 15.5 Å². The van der Waals surface area contributed by atoms with E-state index in [0.717, 1.165) is 45.2 Å². The molecule has 0 spiro atoms. The summed E-state index contributed by atoms with van der Waals surface area (Å²) < 4.78 is 0. The molecule has 1 aromatic carbocycles. The molecular weight excluding hydrogens is 326 g/mol. The number of rotatable bonds is 5. The van der Waals surface area contributed by atoms with Gasteiger partial charge >= 0.3 is 6.03 Å². The molecule has 2 fully saturated rings. The molecule has 3 amide bonds. The number of carbonyl (C=O) groups excluding carboxylic acids is 2. The molecule has 1 aliphatic heterocycles. The van der Waals surface area contributed by atoms with Gasteiger partial charge in [-0.2, -0.15) is 0 Å². The van der Waals surface area contributed by atoms with Crippen molar-refractivity contribution in [1.82, 2.24) is 15.5 Å². The molecule has 1 aromatic rings. The Morgan fingerprint density at radius 2 is 1.54 bits per heavy atom. The maximum Gasteiger partial charge on any atom is 0.317 e. The average Bonchev–Trinajstić information content (AvgIpc) is 2.68. The maximum absolute atomic E-state index is 12.4. The molecule has 0 aromatic heterocycles. The van der Waals surface area contributed by atoms with Crippen molar-refractivity contribution in [3.05, 3.63) is 35.9 Å². The van der Waals surface area contributed by atoms with Gasteiger partial charge in [-0.05, 0) is 37.7 Å². The zero-order valence-electron chi connectivity index (χ0n) is 15.6. The highest BCUT2D eigenvalue weighted by atomic mass is 16.2. The highest BCUT2D eigenvalue weighted by Crippen LogP contribution is 2.18. The van der Waals surface area contributed by atoms with Crippen LogP contribution in [0.25, 0.3) is 0 Å². The van der Waals surface area contributed by atoms with Gasteiger partial charge in [0, 0.05) is 31.6 Å². The van der Waals surface area contributed by atoms with Crippen molar-refractivity contribution in [2.45, 2.75) is 69.9 Å². The third kappa shape index (κ3) is 5.75. The number of nitrogens with zero attached hydrogens (tertiary/aromatic N) is 1. The van der Waals surface area contributed by atoms with E-state index in [-0.39, 0.29) is 18.0 Å². The Labute approximate surface area is 156 Å². The Kier molecular flexibility index (Phi) is 6.92. The number of hydrogen-bond donors (Lipinski definition) is 2. The summed E-state index contributed by atoms with van der Waals surface area (Å²) in [6.45, 7) is 1.45. The summed E-state index contributed by atoms with van der Waals surface area (Å²) in [5.74, 6) is 0.110. The number of aryl methyl sites for hydroxylation is 1. The van der Waals surface area contributed by atoms with Crippen LogP contribution >= 0.6 is 0 Å². The summed E-state index contributed by atoms with van der Waals surface area (Å²) in [6, 6.07) is 10.7. The first kappa shape index (κ1) is 18.7. The Balaban J connectivity index is 1.34. The number of piperidine rings is 1. The summed E-state index contributed by atoms with van der Waals surface area (Å²) in [5, 5.41) is 6.31. The minimum absolute atomic E-state index is 0.0748. The van der Waals surface area contributed by atoms with E-state index in [0.29, 0.717) is 12.5 Å². The van der Waals surface area contributed by atoms with Crippen LogP contribution in [-0.2, 0) is 11.2 Å². The molecule has 0 radical (unpaired) electrons. The Bertz CT molecular complexity index is 576. The molecule has 3 rings (SSSR count). The van der Waals surface area contributed by atoms with Gasteiger partial charge in [0.05, 0.1) is 0 Å². The lowest BCUT2D eigenvalue weighted by molar-refractivity contribution is -0.122. The zero-order valence-corrected chi connectivity index (χ0v) is 15.6. The van der Waals surface area contributed by atoms with Crippen LogP contribution in [0, 0.1) is 0 Å². The Morgan fingerprint density at radius 3 is 2.23 bits per heavy atom. The molecule has 5 nitrogen and oxygen atoms in total. The first-order valence-electron chi connectivity index (χ1n) is 10.1. The van der Waals surface area contributed by atoms with Gasteiger partial charge in [0.1, 0.15) is 0 Å². The van der Waals surface area contributed by atoms with Crippen LogP contribution in [-0.4, -0.2) is 42.0 Å². The predicted molar refractivity (Wildman–Crippen MR) is 103 cm³/mol. The standard InChI is InChI=1S/C21H31N3O2/c25-20(12-11-17-7-3-1-4-8-17)22-19-13-15-24(16-14-19)21(26)23-18-9-5-2-6-10-18/h1,3-4,7-8,18-19H,2,5-6,9-16H2,(H,22,25)(H,23,26). The number of nitrogens with one attached hydrogen (secondary N) is 2.